The zero-order valence-corrected chi connectivity index (χ0v) is 14.1. The molecule has 136 valence electrons. The number of carbonyl (C=O) groups is 3. The Morgan fingerprint density at radius 3 is 2.42 bits per heavy atom. The monoisotopic (exact) mass is 358 g/mol. The van der Waals surface area contributed by atoms with Crippen LogP contribution >= 0.6 is 0 Å². The van der Waals surface area contributed by atoms with Crippen LogP contribution in [0.1, 0.15) is 11.6 Å². The van der Waals surface area contributed by atoms with Crippen molar-refractivity contribution in [2.75, 3.05) is 18.9 Å². The second-order valence-electron chi connectivity index (χ2n) is 5.64. The van der Waals surface area contributed by atoms with Crippen molar-refractivity contribution in [1.82, 2.24) is 10.2 Å². The summed E-state index contributed by atoms with van der Waals surface area (Å²) in [5.41, 5.74) is 5.92. The fourth-order valence-electron chi connectivity index (χ4n) is 2.52. The van der Waals surface area contributed by atoms with Crippen LogP contribution in [0.3, 0.4) is 0 Å². The van der Waals surface area contributed by atoms with Crippen molar-refractivity contribution in [3.8, 4) is 0 Å². The van der Waals surface area contributed by atoms with Crippen molar-refractivity contribution in [2.24, 2.45) is 5.73 Å². The van der Waals surface area contributed by atoms with Crippen LogP contribution in [-0.2, 0) is 9.59 Å². The van der Waals surface area contributed by atoms with Gasteiger partial charge in [0.25, 0.3) is 0 Å². The summed E-state index contributed by atoms with van der Waals surface area (Å²) in [7, 11) is 1.56. The van der Waals surface area contributed by atoms with E-state index in [4.69, 9.17) is 5.73 Å². The molecule has 0 spiro atoms. The molecule has 0 aliphatic heterocycles. The molecule has 2 rings (SSSR count). The fraction of sp³-hybridized carbons (Fsp3) is 0.167. The number of halogens is 1. The van der Waals surface area contributed by atoms with E-state index < -0.39 is 29.7 Å². The van der Waals surface area contributed by atoms with E-state index in [0.29, 0.717) is 11.3 Å². The van der Waals surface area contributed by atoms with Crippen molar-refractivity contribution in [3.05, 3.63) is 66.0 Å². The Labute approximate surface area is 150 Å². The third-order valence-corrected chi connectivity index (χ3v) is 3.55. The van der Waals surface area contributed by atoms with Gasteiger partial charge < -0.3 is 11.1 Å². The van der Waals surface area contributed by atoms with Crippen LogP contribution in [0.25, 0.3) is 0 Å². The molecule has 0 aliphatic rings. The molecule has 0 fully saturated rings. The molecule has 0 radical (unpaired) electrons. The van der Waals surface area contributed by atoms with Crippen molar-refractivity contribution in [2.45, 2.75) is 6.04 Å². The maximum atomic E-state index is 13.2. The first-order chi connectivity index (χ1) is 12.4. The van der Waals surface area contributed by atoms with Crippen LogP contribution in [0.15, 0.2) is 54.6 Å². The number of anilines is 1. The largest absolute Gasteiger partial charge is 0.351 e. The number of primary amides is 1. The lowest BCUT2D eigenvalue weighted by molar-refractivity contribution is -0.126. The molecule has 0 heterocycles. The first-order valence-corrected chi connectivity index (χ1v) is 7.77. The topological polar surface area (TPSA) is 105 Å². The molecule has 0 aliphatic carbocycles. The van der Waals surface area contributed by atoms with E-state index in [1.807, 2.05) is 5.32 Å². The smallest absolute Gasteiger partial charge is 0.318 e. The molecular weight excluding hydrogens is 339 g/mol. The average Bonchev–Trinajstić information content (AvgIpc) is 2.55. The van der Waals surface area contributed by atoms with Gasteiger partial charge in [0, 0.05) is 5.69 Å². The van der Waals surface area contributed by atoms with E-state index in [1.54, 1.807) is 43.4 Å². The molecule has 2 aromatic rings. The molecule has 8 heteroatoms. The molecule has 2 aromatic carbocycles. The van der Waals surface area contributed by atoms with Crippen molar-refractivity contribution in [1.29, 1.82) is 0 Å². The van der Waals surface area contributed by atoms with Crippen LogP contribution in [0.5, 0.6) is 0 Å². The van der Waals surface area contributed by atoms with E-state index in [1.165, 1.54) is 23.1 Å². The quantitative estimate of drug-likeness (QED) is 0.730. The first-order valence-electron chi connectivity index (χ1n) is 7.77. The molecule has 7 nitrogen and oxygen atoms in total. The number of amides is 4. The number of hydrogen-bond acceptors (Lipinski definition) is 4. The lowest BCUT2D eigenvalue weighted by Gasteiger charge is -2.26. The Morgan fingerprint density at radius 2 is 1.81 bits per heavy atom. The van der Waals surface area contributed by atoms with Gasteiger partial charge in [-0.15, -0.1) is 0 Å². The molecule has 4 amide bonds. The van der Waals surface area contributed by atoms with Crippen LogP contribution in [0.4, 0.5) is 14.9 Å². The van der Waals surface area contributed by atoms with Crippen molar-refractivity contribution < 1.29 is 18.8 Å². The molecule has 0 bridgehead atoms. The number of nitrogens with zero attached hydrogens (tertiary/aromatic N) is 1. The number of nitrogens with one attached hydrogen (secondary N) is 2. The highest BCUT2D eigenvalue weighted by atomic mass is 19.1. The summed E-state index contributed by atoms with van der Waals surface area (Å²) in [4.78, 5) is 37.0. The Kier molecular flexibility index (Phi) is 6.40. The van der Waals surface area contributed by atoms with Gasteiger partial charge in [0.15, 0.2) is 0 Å². The summed E-state index contributed by atoms with van der Waals surface area (Å²) in [5, 5.41) is 4.59. The lowest BCUT2D eigenvalue weighted by atomic mass is 10.0. The predicted molar refractivity (Wildman–Crippen MR) is 94.6 cm³/mol. The van der Waals surface area contributed by atoms with E-state index in [2.05, 4.69) is 5.32 Å². The summed E-state index contributed by atoms with van der Waals surface area (Å²) in [5.74, 6) is -1.56. The third-order valence-electron chi connectivity index (χ3n) is 3.55. The van der Waals surface area contributed by atoms with Gasteiger partial charge in [-0.2, -0.15) is 0 Å². The van der Waals surface area contributed by atoms with Gasteiger partial charge in [-0.3, -0.25) is 19.8 Å². The first kappa shape index (κ1) is 19.1. The molecule has 26 heavy (non-hydrogen) atoms. The highest BCUT2D eigenvalue weighted by molar-refractivity contribution is 5.97. The maximum absolute atomic E-state index is 13.2. The Bertz CT molecular complexity index is 798. The number of rotatable bonds is 6. The van der Waals surface area contributed by atoms with E-state index in [-0.39, 0.29) is 6.54 Å². The normalized spacial score (nSPS) is 11.7. The molecular formula is C18H19FN4O3. The zero-order chi connectivity index (χ0) is 19.1. The minimum atomic E-state index is -0.978. The van der Waals surface area contributed by atoms with Crippen LogP contribution in [0, 0.1) is 5.82 Å². The number of imide groups is 1. The highest BCUT2D eigenvalue weighted by Gasteiger charge is 2.27. The van der Waals surface area contributed by atoms with Crippen molar-refractivity contribution >= 4 is 23.5 Å². The number of benzene rings is 2. The molecule has 0 aromatic heterocycles. The zero-order valence-electron chi connectivity index (χ0n) is 14.1. The van der Waals surface area contributed by atoms with Gasteiger partial charge in [-0.25, -0.2) is 9.18 Å². The number of carbonyl (C=O) groups excluding carboxylic acids is 3. The summed E-state index contributed by atoms with van der Waals surface area (Å²) < 4.78 is 13.2. The predicted octanol–water partition coefficient (Wildman–Crippen LogP) is 1.63. The number of hydrogen-bond donors (Lipinski definition) is 3. The second kappa shape index (κ2) is 8.72. The summed E-state index contributed by atoms with van der Waals surface area (Å²) in [6, 6.07) is 12.3. The SMILES string of the molecule is CN(CC(=O)Nc1cccc(F)c1)[C@H](C(=O)NC(N)=O)c1ccccc1. The standard InChI is InChI=1S/C18H19FN4O3/c1-23(11-15(24)21-14-9-5-8-13(19)10-14)16(17(25)22-18(20)26)12-6-3-2-4-7-12/h2-10,16H,11H2,1H3,(H,21,24)(H3,20,22,25,26)/t16-/m0/s1. The Balaban J connectivity index is 2.12. The van der Waals surface area contributed by atoms with Crippen LogP contribution in [0.2, 0.25) is 0 Å². The van der Waals surface area contributed by atoms with Gasteiger partial charge in [-0.05, 0) is 30.8 Å². The minimum Gasteiger partial charge on any atom is -0.351 e. The lowest BCUT2D eigenvalue weighted by Crippen LogP contribution is -2.45. The van der Waals surface area contributed by atoms with E-state index in [0.717, 1.165) is 0 Å². The number of likely N-dealkylation sites (N-methyl/N-ethyl adjacent to an activating group) is 1. The van der Waals surface area contributed by atoms with Gasteiger partial charge >= 0.3 is 6.03 Å². The second-order valence-corrected chi connectivity index (χ2v) is 5.64. The summed E-state index contributed by atoms with van der Waals surface area (Å²) >= 11 is 0. The molecule has 0 saturated heterocycles. The Hall–Kier alpha value is -3.26. The third kappa shape index (κ3) is 5.38. The van der Waals surface area contributed by atoms with Gasteiger partial charge in [0.2, 0.25) is 11.8 Å². The number of urea groups is 1. The fourth-order valence-corrected chi connectivity index (χ4v) is 2.52. The number of nitrogens with two attached hydrogens (primary N) is 1. The van der Waals surface area contributed by atoms with Crippen molar-refractivity contribution in [3.63, 3.8) is 0 Å². The summed E-state index contributed by atoms with van der Waals surface area (Å²) in [6.07, 6.45) is 0. The minimum absolute atomic E-state index is 0.164. The van der Waals surface area contributed by atoms with E-state index >= 15 is 0 Å². The molecule has 1 atom stereocenters. The van der Waals surface area contributed by atoms with Crippen LogP contribution in [-0.4, -0.2) is 36.3 Å². The molecule has 0 unspecified atom stereocenters. The van der Waals surface area contributed by atoms with E-state index in [9.17, 15) is 18.8 Å². The molecule has 4 N–H and O–H groups in total. The van der Waals surface area contributed by atoms with Gasteiger partial charge in [0.1, 0.15) is 11.9 Å². The average molecular weight is 358 g/mol. The molecule has 0 saturated carbocycles. The Morgan fingerprint density at radius 1 is 1.12 bits per heavy atom. The van der Waals surface area contributed by atoms with Gasteiger partial charge in [0.05, 0.1) is 6.54 Å². The highest BCUT2D eigenvalue weighted by Crippen LogP contribution is 2.19. The summed E-state index contributed by atoms with van der Waals surface area (Å²) in [6.45, 7) is -0.164. The maximum Gasteiger partial charge on any atom is 0.318 e. The van der Waals surface area contributed by atoms with Crippen LogP contribution < -0.4 is 16.4 Å². The van der Waals surface area contributed by atoms with Gasteiger partial charge in [-0.1, -0.05) is 36.4 Å².